The highest BCUT2D eigenvalue weighted by Gasteiger charge is 2.43. The van der Waals surface area contributed by atoms with Gasteiger partial charge in [-0.05, 0) is 42.0 Å². The van der Waals surface area contributed by atoms with Crippen LogP contribution in [0.4, 0.5) is 13.2 Å². The van der Waals surface area contributed by atoms with E-state index in [0.717, 1.165) is 5.39 Å². The minimum Gasteiger partial charge on any atom is -0.491 e. The topological polar surface area (TPSA) is 111 Å². The molecule has 0 fully saturated rings. The Labute approximate surface area is 208 Å². The maximum Gasteiger partial charge on any atom is 0.573 e. The molecule has 1 aliphatic rings. The zero-order valence-corrected chi connectivity index (χ0v) is 19.1. The summed E-state index contributed by atoms with van der Waals surface area (Å²) < 4.78 is 47.7. The third kappa shape index (κ3) is 5.45. The zero-order valence-electron chi connectivity index (χ0n) is 19.1. The molecular formula is C26H20F3N3O5. The molecule has 1 amide bonds. The van der Waals surface area contributed by atoms with Crippen molar-refractivity contribution in [1.82, 2.24) is 15.3 Å². The van der Waals surface area contributed by atoms with Crippen LogP contribution in [0.15, 0.2) is 79.1 Å². The lowest BCUT2D eigenvalue weighted by atomic mass is 9.81. The molecule has 0 spiro atoms. The van der Waals surface area contributed by atoms with Gasteiger partial charge < -0.3 is 19.9 Å². The van der Waals surface area contributed by atoms with Crippen LogP contribution >= 0.6 is 0 Å². The molecule has 5 rings (SSSR count). The van der Waals surface area contributed by atoms with E-state index in [2.05, 4.69) is 20.0 Å². The highest BCUT2D eigenvalue weighted by molar-refractivity contribution is 6.05. The van der Waals surface area contributed by atoms with Crippen LogP contribution in [0, 0.1) is 0 Å². The zero-order chi connectivity index (χ0) is 26.5. The highest BCUT2D eigenvalue weighted by Crippen LogP contribution is 2.41. The first kappa shape index (κ1) is 25.4. The van der Waals surface area contributed by atoms with Crippen LogP contribution < -0.4 is 14.8 Å². The average molecular weight is 511 g/mol. The van der Waals surface area contributed by atoms with Crippen molar-refractivity contribution in [3.05, 3.63) is 95.9 Å². The number of fused-ring (bicyclic) bond motifs is 2. The number of rotatable bonds is 4. The molecule has 1 aliphatic heterocycles. The molecule has 2 aromatic heterocycles. The Kier molecular flexibility index (Phi) is 7.23. The molecule has 0 radical (unpaired) electrons. The normalized spacial score (nSPS) is 16.4. The fourth-order valence-corrected chi connectivity index (χ4v) is 4.22. The predicted molar refractivity (Wildman–Crippen MR) is 126 cm³/mol. The molecule has 1 atom stereocenters. The van der Waals surface area contributed by atoms with Crippen molar-refractivity contribution in [3.8, 4) is 11.5 Å². The maximum atomic E-state index is 13.6. The quantitative estimate of drug-likeness (QED) is 0.383. The number of halogens is 3. The van der Waals surface area contributed by atoms with Gasteiger partial charge in [-0.2, -0.15) is 0 Å². The second-order valence-electron chi connectivity index (χ2n) is 7.87. The number of para-hydroxylation sites is 1. The number of ether oxygens (including phenoxy) is 2. The summed E-state index contributed by atoms with van der Waals surface area (Å²) in [5.41, 5.74) is 0.789. The smallest absolute Gasteiger partial charge is 0.491 e. The lowest BCUT2D eigenvalue weighted by Gasteiger charge is -2.39. The number of carboxylic acid groups (broad SMARTS) is 1. The molecule has 0 unspecified atom stereocenters. The fraction of sp³-hybridized carbons (Fsp3) is 0.154. The molecule has 2 aromatic carbocycles. The number of nitrogens with one attached hydrogen (secondary N) is 1. The van der Waals surface area contributed by atoms with Gasteiger partial charge in [-0.15, -0.1) is 13.2 Å². The van der Waals surface area contributed by atoms with Crippen molar-refractivity contribution in [3.63, 3.8) is 0 Å². The van der Waals surface area contributed by atoms with E-state index < -0.39 is 17.8 Å². The minimum absolute atomic E-state index is 0.250. The van der Waals surface area contributed by atoms with E-state index in [1.165, 1.54) is 24.3 Å². The highest BCUT2D eigenvalue weighted by atomic mass is 19.4. The van der Waals surface area contributed by atoms with Gasteiger partial charge in [0.2, 0.25) is 0 Å². The van der Waals surface area contributed by atoms with Gasteiger partial charge in [0.1, 0.15) is 22.7 Å². The molecular weight excluding hydrogens is 491 g/mol. The van der Waals surface area contributed by atoms with Crippen molar-refractivity contribution < 1.29 is 37.3 Å². The van der Waals surface area contributed by atoms with E-state index in [0.29, 0.717) is 34.5 Å². The number of nitrogens with zero attached hydrogens (tertiary/aromatic N) is 2. The summed E-state index contributed by atoms with van der Waals surface area (Å²) >= 11 is 0. The number of amides is 1. The van der Waals surface area contributed by atoms with Crippen molar-refractivity contribution >= 4 is 23.3 Å². The van der Waals surface area contributed by atoms with Crippen LogP contribution in [0.3, 0.4) is 0 Å². The molecule has 0 bridgehead atoms. The van der Waals surface area contributed by atoms with Gasteiger partial charge in [-0.25, -0.2) is 0 Å². The Morgan fingerprint density at radius 1 is 1.03 bits per heavy atom. The van der Waals surface area contributed by atoms with Gasteiger partial charge in [0, 0.05) is 24.2 Å². The first-order valence-electron chi connectivity index (χ1n) is 11.0. The van der Waals surface area contributed by atoms with Gasteiger partial charge in [-0.1, -0.05) is 30.3 Å². The van der Waals surface area contributed by atoms with Gasteiger partial charge in [0.25, 0.3) is 12.4 Å². The van der Waals surface area contributed by atoms with E-state index in [-0.39, 0.29) is 18.8 Å². The van der Waals surface area contributed by atoms with Crippen LogP contribution in [0.25, 0.3) is 10.9 Å². The van der Waals surface area contributed by atoms with Crippen LogP contribution in [0.1, 0.15) is 28.0 Å². The molecule has 37 heavy (non-hydrogen) atoms. The first-order chi connectivity index (χ1) is 17.8. The summed E-state index contributed by atoms with van der Waals surface area (Å²) in [5.74, 6) is -0.261. The third-order valence-electron chi connectivity index (χ3n) is 5.69. The molecule has 0 saturated heterocycles. The molecule has 4 aromatic rings. The van der Waals surface area contributed by atoms with Crippen molar-refractivity contribution in [2.45, 2.75) is 18.3 Å². The van der Waals surface area contributed by atoms with Gasteiger partial charge in [0.15, 0.2) is 0 Å². The van der Waals surface area contributed by atoms with Crippen LogP contribution in [-0.4, -0.2) is 40.4 Å². The Balaban J connectivity index is 0.00000102. The van der Waals surface area contributed by atoms with Crippen molar-refractivity contribution in [2.75, 3.05) is 6.61 Å². The fourth-order valence-electron chi connectivity index (χ4n) is 4.22. The number of carbonyl (C=O) groups excluding carboxylic acids is 1. The number of aromatic nitrogens is 2. The molecule has 190 valence electrons. The van der Waals surface area contributed by atoms with Crippen molar-refractivity contribution in [1.29, 1.82) is 0 Å². The van der Waals surface area contributed by atoms with Gasteiger partial charge >= 0.3 is 6.36 Å². The molecule has 2 N–H and O–H groups in total. The predicted octanol–water partition coefficient (Wildman–Crippen LogP) is 4.69. The average Bonchev–Trinajstić information content (AvgIpc) is 2.88. The Morgan fingerprint density at radius 2 is 1.70 bits per heavy atom. The number of alkyl halides is 3. The number of hydrogen-bond acceptors (Lipinski definition) is 6. The summed E-state index contributed by atoms with van der Waals surface area (Å²) in [6.07, 6.45) is -1.30. The lowest BCUT2D eigenvalue weighted by Crippen LogP contribution is -2.50. The second kappa shape index (κ2) is 10.5. The minimum atomic E-state index is -4.80. The SMILES string of the molecule is O=C(N[C@]1(c2ccc(OC(F)(F)F)cc2)CCOc2cccnc21)c1cccc2cccnc12.O=CO. The second-order valence-corrected chi connectivity index (χ2v) is 7.87. The van der Waals surface area contributed by atoms with E-state index in [4.69, 9.17) is 14.6 Å². The summed E-state index contributed by atoms with van der Waals surface area (Å²) in [4.78, 5) is 30.8. The Morgan fingerprint density at radius 3 is 2.43 bits per heavy atom. The van der Waals surface area contributed by atoms with E-state index in [1.54, 1.807) is 42.7 Å². The third-order valence-corrected chi connectivity index (χ3v) is 5.69. The summed E-state index contributed by atoms with van der Waals surface area (Å²) in [6, 6.07) is 17.8. The van der Waals surface area contributed by atoms with E-state index >= 15 is 0 Å². The number of benzene rings is 2. The van der Waals surface area contributed by atoms with E-state index in [1.807, 2.05) is 12.1 Å². The number of pyridine rings is 2. The van der Waals surface area contributed by atoms with Crippen molar-refractivity contribution in [2.24, 2.45) is 0 Å². The Bertz CT molecular complexity index is 1410. The summed E-state index contributed by atoms with van der Waals surface area (Å²) in [5, 5.41) is 10.8. The maximum absolute atomic E-state index is 13.6. The number of hydrogen-bond donors (Lipinski definition) is 2. The molecule has 3 heterocycles. The monoisotopic (exact) mass is 511 g/mol. The van der Waals surface area contributed by atoms with Gasteiger partial charge in [-0.3, -0.25) is 19.6 Å². The number of carbonyl (C=O) groups is 2. The van der Waals surface area contributed by atoms with Crippen LogP contribution in [0.5, 0.6) is 11.5 Å². The molecule has 0 aliphatic carbocycles. The molecule has 0 saturated carbocycles. The molecule has 11 heteroatoms. The van der Waals surface area contributed by atoms with Crippen LogP contribution in [-0.2, 0) is 10.3 Å². The Hall–Kier alpha value is -4.67. The largest absolute Gasteiger partial charge is 0.573 e. The summed E-state index contributed by atoms with van der Waals surface area (Å²) in [6.45, 7) is 0.0214. The first-order valence-corrected chi connectivity index (χ1v) is 11.0. The summed E-state index contributed by atoms with van der Waals surface area (Å²) in [7, 11) is 0. The van der Waals surface area contributed by atoms with E-state index in [9.17, 15) is 18.0 Å². The van der Waals surface area contributed by atoms with Gasteiger partial charge in [0.05, 0.1) is 17.7 Å². The van der Waals surface area contributed by atoms with Crippen LogP contribution in [0.2, 0.25) is 0 Å². The molecule has 8 nitrogen and oxygen atoms in total. The lowest BCUT2D eigenvalue weighted by molar-refractivity contribution is -0.274. The standard InChI is InChI=1S/C25H18F3N3O3.CH2O2/c26-25(27,28)34-18-10-8-17(9-11-18)24(12-15-33-20-7-3-14-30-22(20)24)31-23(32)19-6-1-4-16-5-2-13-29-21(16)19;2-1-3/h1-11,13-14H,12,15H2,(H,31,32);1H,(H,2,3)/t24-;/m0./s1.